The summed E-state index contributed by atoms with van der Waals surface area (Å²) in [4.78, 5) is 23.7. The number of benzene rings is 2. The molecule has 2 aromatic carbocycles. The summed E-state index contributed by atoms with van der Waals surface area (Å²) in [5.74, 6) is 1.26. The summed E-state index contributed by atoms with van der Waals surface area (Å²) in [7, 11) is 0. The molecule has 29 heavy (non-hydrogen) atoms. The van der Waals surface area contributed by atoms with E-state index in [4.69, 9.17) is 9.84 Å². The third-order valence-corrected chi connectivity index (χ3v) is 7.15. The van der Waals surface area contributed by atoms with E-state index in [1.165, 1.54) is 43.5 Å². The van der Waals surface area contributed by atoms with Crippen LogP contribution in [0.3, 0.4) is 0 Å². The van der Waals surface area contributed by atoms with Gasteiger partial charge < -0.3 is 14.9 Å². The predicted octanol–water partition coefficient (Wildman–Crippen LogP) is 4.78. The Morgan fingerprint density at radius 1 is 0.862 bits per heavy atom. The topological polar surface area (TPSA) is 83.8 Å². The van der Waals surface area contributed by atoms with Crippen LogP contribution in [0.1, 0.15) is 64.8 Å². The molecule has 4 bridgehead atoms. The third-order valence-electron chi connectivity index (χ3n) is 7.15. The number of esters is 1. The molecule has 0 aliphatic heterocycles. The average Bonchev–Trinajstić information content (AvgIpc) is 2.67. The first-order chi connectivity index (χ1) is 13.9. The van der Waals surface area contributed by atoms with E-state index in [0.29, 0.717) is 11.3 Å². The summed E-state index contributed by atoms with van der Waals surface area (Å²) >= 11 is 0. The van der Waals surface area contributed by atoms with E-state index in [-0.39, 0.29) is 16.7 Å². The second kappa shape index (κ2) is 6.61. The fourth-order valence-corrected chi connectivity index (χ4v) is 6.36. The smallest absolute Gasteiger partial charge is 0.343 e. The molecule has 4 saturated carbocycles. The predicted molar refractivity (Wildman–Crippen MR) is 106 cm³/mol. The standard InChI is InChI=1S/C24H24O5/c25-21-6-3-18(23(28)29-19-4-1-17(2-5-19)22(26)27)10-20(21)24-11-14-7-15(12-24)9-16(8-14)13-24/h1-6,10,14-16,25H,7-9,11-13H2,(H,26,27). The van der Waals surface area contributed by atoms with Crippen molar-refractivity contribution in [1.29, 1.82) is 0 Å². The van der Waals surface area contributed by atoms with Gasteiger partial charge in [-0.2, -0.15) is 0 Å². The Kier molecular flexibility index (Phi) is 4.16. The number of carbonyl (C=O) groups is 2. The molecular weight excluding hydrogens is 368 g/mol. The molecule has 0 heterocycles. The lowest BCUT2D eigenvalue weighted by atomic mass is 9.48. The van der Waals surface area contributed by atoms with Crippen LogP contribution in [0.5, 0.6) is 11.5 Å². The lowest BCUT2D eigenvalue weighted by Crippen LogP contribution is -2.48. The molecule has 0 spiro atoms. The van der Waals surface area contributed by atoms with Gasteiger partial charge in [0.15, 0.2) is 0 Å². The largest absolute Gasteiger partial charge is 0.508 e. The van der Waals surface area contributed by atoms with Crippen molar-refractivity contribution >= 4 is 11.9 Å². The number of carboxylic acid groups (broad SMARTS) is 1. The lowest BCUT2D eigenvalue weighted by Gasteiger charge is -2.57. The second-order valence-electron chi connectivity index (χ2n) is 9.15. The quantitative estimate of drug-likeness (QED) is 0.578. The molecule has 0 radical (unpaired) electrons. The number of hydrogen-bond acceptors (Lipinski definition) is 4. The summed E-state index contributed by atoms with van der Waals surface area (Å²) in [6.45, 7) is 0. The Hall–Kier alpha value is -2.82. The highest BCUT2D eigenvalue weighted by atomic mass is 16.5. The number of aromatic hydroxyl groups is 1. The van der Waals surface area contributed by atoms with Crippen molar-refractivity contribution in [2.75, 3.05) is 0 Å². The van der Waals surface area contributed by atoms with E-state index in [1.807, 2.05) is 6.07 Å². The van der Waals surface area contributed by atoms with Gasteiger partial charge in [0, 0.05) is 5.56 Å². The van der Waals surface area contributed by atoms with Gasteiger partial charge in [-0.3, -0.25) is 0 Å². The molecular formula is C24H24O5. The van der Waals surface area contributed by atoms with Crippen molar-refractivity contribution in [2.45, 2.75) is 43.9 Å². The van der Waals surface area contributed by atoms with E-state index in [1.54, 1.807) is 12.1 Å². The summed E-state index contributed by atoms with van der Waals surface area (Å²) < 4.78 is 5.44. The number of carbonyl (C=O) groups excluding carboxylic acids is 1. The molecule has 0 amide bonds. The first-order valence-corrected chi connectivity index (χ1v) is 10.3. The first-order valence-electron chi connectivity index (χ1n) is 10.3. The minimum Gasteiger partial charge on any atom is -0.508 e. The molecule has 0 unspecified atom stereocenters. The number of phenolic OH excluding ortho intramolecular Hbond substituents is 1. The van der Waals surface area contributed by atoms with Crippen LogP contribution in [-0.2, 0) is 5.41 Å². The Labute approximate surface area is 169 Å². The van der Waals surface area contributed by atoms with Crippen molar-refractivity contribution in [3.63, 3.8) is 0 Å². The molecule has 2 aromatic rings. The molecule has 6 rings (SSSR count). The Balaban J connectivity index is 1.41. The van der Waals surface area contributed by atoms with Gasteiger partial charge in [-0.05, 0) is 104 Å². The highest BCUT2D eigenvalue weighted by molar-refractivity contribution is 5.92. The fourth-order valence-electron chi connectivity index (χ4n) is 6.36. The normalized spacial score (nSPS) is 29.6. The van der Waals surface area contributed by atoms with Crippen LogP contribution in [0, 0.1) is 17.8 Å². The molecule has 4 aliphatic rings. The van der Waals surface area contributed by atoms with Crippen LogP contribution in [0.15, 0.2) is 42.5 Å². The summed E-state index contributed by atoms with van der Waals surface area (Å²) in [6, 6.07) is 10.8. The van der Waals surface area contributed by atoms with Crippen LogP contribution in [0.25, 0.3) is 0 Å². The van der Waals surface area contributed by atoms with Gasteiger partial charge in [0.2, 0.25) is 0 Å². The molecule has 0 atom stereocenters. The van der Waals surface area contributed by atoms with Gasteiger partial charge in [0.05, 0.1) is 11.1 Å². The zero-order valence-corrected chi connectivity index (χ0v) is 16.1. The SMILES string of the molecule is O=C(O)c1ccc(OC(=O)c2ccc(O)c(C34CC5CC(CC(C5)C3)C4)c2)cc1. The maximum Gasteiger partial charge on any atom is 0.343 e. The molecule has 2 N–H and O–H groups in total. The number of hydrogen-bond donors (Lipinski definition) is 2. The van der Waals surface area contributed by atoms with E-state index >= 15 is 0 Å². The van der Waals surface area contributed by atoms with Crippen LogP contribution < -0.4 is 4.74 Å². The molecule has 4 aliphatic carbocycles. The maximum absolute atomic E-state index is 12.7. The minimum absolute atomic E-state index is 0.0156. The zero-order valence-electron chi connectivity index (χ0n) is 16.1. The summed E-state index contributed by atoms with van der Waals surface area (Å²) in [6.07, 6.45) is 7.24. The number of carboxylic acids is 1. The Bertz CT molecular complexity index is 940. The Morgan fingerprint density at radius 2 is 1.41 bits per heavy atom. The minimum atomic E-state index is -1.03. The van der Waals surface area contributed by atoms with E-state index in [2.05, 4.69) is 0 Å². The molecule has 5 heteroatoms. The van der Waals surface area contributed by atoms with Gasteiger partial charge in [-0.25, -0.2) is 9.59 Å². The molecule has 5 nitrogen and oxygen atoms in total. The fraction of sp³-hybridized carbons (Fsp3) is 0.417. The molecule has 0 saturated heterocycles. The number of rotatable bonds is 4. The molecule has 4 fully saturated rings. The molecule has 0 aromatic heterocycles. The van der Waals surface area contributed by atoms with Gasteiger partial charge >= 0.3 is 11.9 Å². The number of phenols is 1. The first kappa shape index (κ1) is 18.2. The number of ether oxygens (including phenoxy) is 1. The van der Waals surface area contributed by atoms with Crippen LogP contribution >= 0.6 is 0 Å². The van der Waals surface area contributed by atoms with Crippen molar-refractivity contribution in [2.24, 2.45) is 17.8 Å². The van der Waals surface area contributed by atoms with Gasteiger partial charge in [0.25, 0.3) is 0 Å². The number of aromatic carboxylic acids is 1. The third kappa shape index (κ3) is 3.18. The van der Waals surface area contributed by atoms with Crippen LogP contribution in [0.2, 0.25) is 0 Å². The van der Waals surface area contributed by atoms with Crippen molar-refractivity contribution in [1.82, 2.24) is 0 Å². The van der Waals surface area contributed by atoms with Crippen molar-refractivity contribution < 1.29 is 24.5 Å². The summed E-state index contributed by atoms with van der Waals surface area (Å²) in [5, 5.41) is 19.6. The van der Waals surface area contributed by atoms with E-state index in [9.17, 15) is 14.7 Å². The van der Waals surface area contributed by atoms with Crippen LogP contribution in [-0.4, -0.2) is 22.2 Å². The Morgan fingerprint density at radius 3 is 1.97 bits per heavy atom. The monoisotopic (exact) mass is 392 g/mol. The van der Waals surface area contributed by atoms with Crippen LogP contribution in [0.4, 0.5) is 0 Å². The molecule has 150 valence electrons. The zero-order chi connectivity index (χ0) is 20.2. The van der Waals surface area contributed by atoms with Gasteiger partial charge in [-0.1, -0.05) is 0 Å². The summed E-state index contributed by atoms with van der Waals surface area (Å²) in [5.41, 5.74) is 1.43. The maximum atomic E-state index is 12.7. The average molecular weight is 392 g/mol. The van der Waals surface area contributed by atoms with E-state index in [0.717, 1.165) is 42.6 Å². The van der Waals surface area contributed by atoms with Crippen molar-refractivity contribution in [3.05, 3.63) is 59.2 Å². The van der Waals surface area contributed by atoms with E-state index < -0.39 is 11.9 Å². The van der Waals surface area contributed by atoms with Gasteiger partial charge in [0.1, 0.15) is 11.5 Å². The van der Waals surface area contributed by atoms with Crippen molar-refractivity contribution in [3.8, 4) is 11.5 Å². The highest BCUT2D eigenvalue weighted by Crippen LogP contribution is 2.61. The lowest BCUT2D eigenvalue weighted by molar-refractivity contribution is -0.00616. The van der Waals surface area contributed by atoms with Gasteiger partial charge in [-0.15, -0.1) is 0 Å². The highest BCUT2D eigenvalue weighted by Gasteiger charge is 2.52. The second-order valence-corrected chi connectivity index (χ2v) is 9.15.